The molecule has 54 valence electrons. The Bertz CT molecular complexity index is 232. The molecule has 10 heavy (non-hydrogen) atoms. The first-order valence-corrected chi connectivity index (χ1v) is 3.50. The number of benzene rings is 1. The average Bonchev–Trinajstić information content (AvgIpc) is 1.93. The van der Waals surface area contributed by atoms with E-state index in [1.807, 2.05) is 0 Å². The smallest absolute Gasteiger partial charge is 0.195 e. The van der Waals surface area contributed by atoms with E-state index in [1.165, 1.54) is 6.07 Å². The van der Waals surface area contributed by atoms with E-state index in [9.17, 15) is 13.2 Å². The van der Waals surface area contributed by atoms with Crippen LogP contribution in [0.25, 0.3) is 0 Å². The second-order valence-electron chi connectivity index (χ2n) is 1.66. The summed E-state index contributed by atoms with van der Waals surface area (Å²) < 4.78 is 36.8. The minimum Gasteiger partial charge on any atom is -0.204 e. The van der Waals surface area contributed by atoms with Crippen molar-refractivity contribution in [3.05, 3.63) is 33.2 Å². The highest BCUT2D eigenvalue weighted by molar-refractivity contribution is 14.1. The van der Waals surface area contributed by atoms with Crippen LogP contribution in [0.4, 0.5) is 13.2 Å². The average molecular weight is 258 g/mol. The standard InChI is InChI=1S/C6H2F3I/c7-3-1-2-4(10)6(9)5(3)8/h1-2H. The summed E-state index contributed by atoms with van der Waals surface area (Å²) in [5.41, 5.74) is 0. The molecule has 1 aromatic carbocycles. The third-order valence-electron chi connectivity index (χ3n) is 0.988. The number of rotatable bonds is 0. The lowest BCUT2D eigenvalue weighted by atomic mass is 10.3. The van der Waals surface area contributed by atoms with Crippen LogP contribution in [0.5, 0.6) is 0 Å². The monoisotopic (exact) mass is 258 g/mol. The van der Waals surface area contributed by atoms with Gasteiger partial charge in [0.2, 0.25) is 0 Å². The van der Waals surface area contributed by atoms with Crippen molar-refractivity contribution in [2.75, 3.05) is 0 Å². The van der Waals surface area contributed by atoms with Crippen molar-refractivity contribution in [1.29, 1.82) is 0 Å². The van der Waals surface area contributed by atoms with E-state index < -0.39 is 17.5 Å². The van der Waals surface area contributed by atoms with Gasteiger partial charge in [-0.1, -0.05) is 0 Å². The first-order chi connectivity index (χ1) is 4.63. The van der Waals surface area contributed by atoms with Crippen LogP contribution in [0.3, 0.4) is 0 Å². The van der Waals surface area contributed by atoms with Crippen molar-refractivity contribution in [2.45, 2.75) is 0 Å². The predicted octanol–water partition coefficient (Wildman–Crippen LogP) is 2.71. The summed E-state index contributed by atoms with van der Waals surface area (Å²) >= 11 is 1.58. The Hall–Kier alpha value is -0.260. The first-order valence-electron chi connectivity index (χ1n) is 2.42. The van der Waals surface area contributed by atoms with Crippen molar-refractivity contribution in [1.82, 2.24) is 0 Å². The van der Waals surface area contributed by atoms with Crippen LogP contribution < -0.4 is 0 Å². The van der Waals surface area contributed by atoms with Crippen LogP contribution in [-0.4, -0.2) is 0 Å². The van der Waals surface area contributed by atoms with Gasteiger partial charge in [-0.25, -0.2) is 13.2 Å². The lowest BCUT2D eigenvalue weighted by Gasteiger charge is -1.95. The Kier molecular flexibility index (Phi) is 2.18. The summed E-state index contributed by atoms with van der Waals surface area (Å²) in [4.78, 5) is 0. The predicted molar refractivity (Wildman–Crippen MR) is 39.0 cm³/mol. The van der Waals surface area contributed by atoms with Gasteiger partial charge in [0.1, 0.15) is 0 Å². The molecular formula is C6H2F3I. The maximum Gasteiger partial charge on any atom is 0.195 e. The molecule has 0 nitrogen and oxygen atoms in total. The van der Waals surface area contributed by atoms with Gasteiger partial charge in [-0.3, -0.25) is 0 Å². The molecule has 0 amide bonds. The molecule has 0 saturated carbocycles. The van der Waals surface area contributed by atoms with Crippen LogP contribution >= 0.6 is 22.6 Å². The highest BCUT2D eigenvalue weighted by Crippen LogP contribution is 2.16. The topological polar surface area (TPSA) is 0 Å². The molecule has 0 N–H and O–H groups in total. The SMILES string of the molecule is Fc1ccc(I)c(F)c1F. The highest BCUT2D eigenvalue weighted by atomic mass is 127. The van der Waals surface area contributed by atoms with E-state index in [4.69, 9.17) is 0 Å². The molecule has 0 saturated heterocycles. The van der Waals surface area contributed by atoms with E-state index in [2.05, 4.69) is 0 Å². The fourth-order valence-electron chi connectivity index (χ4n) is 0.502. The molecule has 1 rings (SSSR count). The zero-order valence-corrected chi connectivity index (χ0v) is 6.82. The van der Waals surface area contributed by atoms with E-state index in [0.717, 1.165) is 6.07 Å². The van der Waals surface area contributed by atoms with E-state index in [1.54, 1.807) is 22.6 Å². The number of hydrogen-bond acceptors (Lipinski definition) is 0. The molecule has 4 heteroatoms. The zero-order valence-electron chi connectivity index (χ0n) is 4.67. The molecule has 0 unspecified atom stereocenters. The van der Waals surface area contributed by atoms with Crippen molar-refractivity contribution in [3.8, 4) is 0 Å². The van der Waals surface area contributed by atoms with E-state index >= 15 is 0 Å². The van der Waals surface area contributed by atoms with Crippen molar-refractivity contribution >= 4 is 22.6 Å². The molecule has 0 spiro atoms. The maximum atomic E-state index is 12.4. The minimum absolute atomic E-state index is 0.0801. The van der Waals surface area contributed by atoms with Gasteiger partial charge in [0.15, 0.2) is 17.5 Å². The van der Waals surface area contributed by atoms with Gasteiger partial charge in [0.05, 0.1) is 3.57 Å². The molecule has 0 aliphatic rings. The van der Waals surface area contributed by atoms with Gasteiger partial charge < -0.3 is 0 Å². The van der Waals surface area contributed by atoms with Gasteiger partial charge in [0.25, 0.3) is 0 Å². The zero-order chi connectivity index (χ0) is 7.72. The third kappa shape index (κ3) is 1.25. The van der Waals surface area contributed by atoms with Crippen LogP contribution in [0.15, 0.2) is 12.1 Å². The third-order valence-corrected chi connectivity index (χ3v) is 1.82. The Morgan fingerprint density at radius 2 is 1.60 bits per heavy atom. The molecule has 0 fully saturated rings. The van der Waals surface area contributed by atoms with E-state index in [0.29, 0.717) is 0 Å². The van der Waals surface area contributed by atoms with Crippen LogP contribution in [0.1, 0.15) is 0 Å². The fraction of sp³-hybridized carbons (Fsp3) is 0. The van der Waals surface area contributed by atoms with Crippen molar-refractivity contribution in [2.24, 2.45) is 0 Å². The van der Waals surface area contributed by atoms with Crippen LogP contribution in [0.2, 0.25) is 0 Å². The Balaban J connectivity index is 3.34. The molecule has 0 aliphatic carbocycles. The Labute approximate surface area is 69.2 Å². The molecule has 0 bridgehead atoms. The summed E-state index contributed by atoms with van der Waals surface area (Å²) in [6.45, 7) is 0. The normalized spacial score (nSPS) is 10.0. The first kappa shape index (κ1) is 7.84. The van der Waals surface area contributed by atoms with Gasteiger partial charge in [-0.15, -0.1) is 0 Å². The Morgan fingerprint density at radius 3 is 2.10 bits per heavy atom. The lowest BCUT2D eigenvalue weighted by Crippen LogP contribution is -1.91. The molecule has 0 radical (unpaired) electrons. The molecule has 0 atom stereocenters. The second-order valence-corrected chi connectivity index (χ2v) is 2.82. The Morgan fingerprint density at radius 1 is 1.00 bits per heavy atom. The van der Waals surface area contributed by atoms with Gasteiger partial charge in [-0.2, -0.15) is 0 Å². The summed E-state index contributed by atoms with van der Waals surface area (Å²) in [6, 6.07) is 2.06. The molecule has 1 aromatic rings. The molecule has 0 aromatic heterocycles. The molecule has 0 aliphatic heterocycles. The fourth-order valence-corrected chi connectivity index (χ4v) is 0.919. The van der Waals surface area contributed by atoms with Gasteiger partial charge in [-0.05, 0) is 34.7 Å². The van der Waals surface area contributed by atoms with Crippen molar-refractivity contribution in [3.63, 3.8) is 0 Å². The molecule has 0 heterocycles. The second kappa shape index (κ2) is 2.77. The van der Waals surface area contributed by atoms with Crippen LogP contribution in [0, 0.1) is 21.0 Å². The quantitative estimate of drug-likeness (QED) is 0.381. The van der Waals surface area contributed by atoms with Gasteiger partial charge in [0, 0.05) is 0 Å². The summed E-state index contributed by atoms with van der Waals surface area (Å²) in [6.07, 6.45) is 0. The van der Waals surface area contributed by atoms with Crippen molar-refractivity contribution < 1.29 is 13.2 Å². The molecular weight excluding hydrogens is 256 g/mol. The minimum atomic E-state index is -1.41. The van der Waals surface area contributed by atoms with Crippen LogP contribution in [-0.2, 0) is 0 Å². The summed E-state index contributed by atoms with van der Waals surface area (Å²) in [5, 5.41) is 0. The van der Waals surface area contributed by atoms with E-state index in [-0.39, 0.29) is 3.57 Å². The lowest BCUT2D eigenvalue weighted by molar-refractivity contribution is 0.444. The van der Waals surface area contributed by atoms with Gasteiger partial charge >= 0.3 is 0 Å². The largest absolute Gasteiger partial charge is 0.204 e. The summed E-state index contributed by atoms with van der Waals surface area (Å²) in [7, 11) is 0. The highest BCUT2D eigenvalue weighted by Gasteiger charge is 2.10. The maximum absolute atomic E-state index is 12.4. The number of hydrogen-bond donors (Lipinski definition) is 0. The number of halogens is 4. The summed E-state index contributed by atoms with van der Waals surface area (Å²) in [5.74, 6) is -3.69.